The van der Waals surface area contributed by atoms with Crippen molar-refractivity contribution in [3.05, 3.63) is 89.6 Å². The number of alkyl halides is 3. The average Bonchev–Trinajstić information content (AvgIpc) is 2.80. The van der Waals surface area contributed by atoms with Crippen molar-refractivity contribution < 1.29 is 32.2 Å². The number of esters is 1. The number of hydrogen-bond donors (Lipinski definition) is 1. The van der Waals surface area contributed by atoms with E-state index in [1.807, 2.05) is 0 Å². The fourth-order valence-corrected chi connectivity index (χ4v) is 2.87. The number of allylic oxidation sites excluding steroid dienone is 1. The second kappa shape index (κ2) is 10.7. The van der Waals surface area contributed by atoms with Crippen LogP contribution in [-0.4, -0.2) is 23.5 Å². The molecule has 0 aliphatic carbocycles. The van der Waals surface area contributed by atoms with E-state index in [1.54, 1.807) is 38.1 Å². The summed E-state index contributed by atoms with van der Waals surface area (Å²) in [5, 5.41) is 2.52. The molecular weight excluding hydrogens is 449 g/mol. The van der Waals surface area contributed by atoms with Gasteiger partial charge in [0.15, 0.2) is 0 Å². The van der Waals surface area contributed by atoms with Gasteiger partial charge in [0.05, 0.1) is 17.7 Å². The zero-order valence-corrected chi connectivity index (χ0v) is 18.3. The maximum atomic E-state index is 12.6. The Morgan fingerprint density at radius 1 is 0.971 bits per heavy atom. The van der Waals surface area contributed by atoms with Crippen molar-refractivity contribution in [2.75, 3.05) is 11.9 Å². The molecule has 1 N–H and O–H groups in total. The van der Waals surface area contributed by atoms with Crippen LogP contribution in [-0.2, 0) is 15.7 Å². The molecule has 176 valence electrons. The summed E-state index contributed by atoms with van der Waals surface area (Å²) in [6, 6.07) is 14.1. The number of pyridine rings is 1. The van der Waals surface area contributed by atoms with E-state index >= 15 is 0 Å². The van der Waals surface area contributed by atoms with Crippen molar-refractivity contribution in [3.8, 4) is 11.6 Å². The maximum Gasteiger partial charge on any atom is 0.416 e. The van der Waals surface area contributed by atoms with Crippen LogP contribution in [0.2, 0.25) is 0 Å². The first-order valence-corrected chi connectivity index (χ1v) is 10.2. The van der Waals surface area contributed by atoms with E-state index in [-0.39, 0.29) is 17.1 Å². The third-order valence-electron chi connectivity index (χ3n) is 4.62. The molecule has 0 unspecified atom stereocenters. The Hall–Kier alpha value is -4.14. The summed E-state index contributed by atoms with van der Waals surface area (Å²) < 4.78 is 48.5. The van der Waals surface area contributed by atoms with Crippen LogP contribution in [0.3, 0.4) is 0 Å². The molecule has 3 aromatic rings. The van der Waals surface area contributed by atoms with Crippen LogP contribution in [0.25, 0.3) is 5.57 Å². The summed E-state index contributed by atoms with van der Waals surface area (Å²) in [5.41, 5.74) is 1.20. The summed E-state index contributed by atoms with van der Waals surface area (Å²) in [5.74, 6) is -0.182. The number of hydrogen-bond acceptors (Lipinski definition) is 5. The van der Waals surface area contributed by atoms with E-state index in [2.05, 4.69) is 10.3 Å². The summed E-state index contributed by atoms with van der Waals surface area (Å²) in [6.07, 6.45) is -1.73. The number of halogens is 3. The Kier molecular flexibility index (Phi) is 7.68. The standard InChI is InChI=1S/C25H21F3N2O4/c1-3-33-23(31)14-16(2)17-4-11-21(12-5-17)34-22-13-6-18(15-29-22)24(32)30-20-9-7-19(8-10-20)25(26,27)28/h4-15H,3H2,1-2H3,(H,30,32)/b16-14-. The number of rotatable bonds is 7. The van der Waals surface area contributed by atoms with Gasteiger partial charge in [0.2, 0.25) is 5.88 Å². The van der Waals surface area contributed by atoms with Gasteiger partial charge in [-0.15, -0.1) is 0 Å². The van der Waals surface area contributed by atoms with E-state index in [0.717, 1.165) is 23.3 Å². The van der Waals surface area contributed by atoms with Crippen LogP contribution >= 0.6 is 0 Å². The molecule has 0 saturated carbocycles. The van der Waals surface area contributed by atoms with Crippen LogP contribution < -0.4 is 10.1 Å². The van der Waals surface area contributed by atoms with Crippen LogP contribution in [0.15, 0.2) is 72.9 Å². The number of ether oxygens (including phenoxy) is 2. The lowest BCUT2D eigenvalue weighted by atomic mass is 10.1. The van der Waals surface area contributed by atoms with Gasteiger partial charge in [-0.3, -0.25) is 4.79 Å². The van der Waals surface area contributed by atoms with Crippen LogP contribution in [0, 0.1) is 0 Å². The number of carbonyl (C=O) groups is 2. The highest BCUT2D eigenvalue weighted by molar-refractivity contribution is 6.04. The minimum absolute atomic E-state index is 0.210. The normalized spacial score (nSPS) is 11.6. The lowest BCUT2D eigenvalue weighted by Gasteiger charge is -2.09. The van der Waals surface area contributed by atoms with Crippen molar-refractivity contribution in [2.24, 2.45) is 0 Å². The average molecular weight is 470 g/mol. The van der Waals surface area contributed by atoms with Crippen molar-refractivity contribution in [1.82, 2.24) is 4.98 Å². The van der Waals surface area contributed by atoms with E-state index in [9.17, 15) is 22.8 Å². The molecule has 0 fully saturated rings. The molecule has 34 heavy (non-hydrogen) atoms. The Morgan fingerprint density at radius 2 is 1.62 bits per heavy atom. The van der Waals surface area contributed by atoms with Gasteiger partial charge in [0.25, 0.3) is 5.91 Å². The molecule has 6 nitrogen and oxygen atoms in total. The lowest BCUT2D eigenvalue weighted by molar-refractivity contribution is -0.138. The molecule has 3 rings (SSSR count). The zero-order valence-electron chi connectivity index (χ0n) is 18.3. The van der Waals surface area contributed by atoms with Gasteiger partial charge in [0.1, 0.15) is 5.75 Å². The minimum Gasteiger partial charge on any atom is -0.463 e. The highest BCUT2D eigenvalue weighted by Crippen LogP contribution is 2.30. The van der Waals surface area contributed by atoms with Gasteiger partial charge in [-0.2, -0.15) is 13.2 Å². The number of nitrogens with zero attached hydrogens (tertiary/aromatic N) is 1. The third-order valence-corrected chi connectivity index (χ3v) is 4.62. The topological polar surface area (TPSA) is 77.5 Å². The van der Waals surface area contributed by atoms with Crippen LogP contribution in [0.5, 0.6) is 11.6 Å². The number of carbonyl (C=O) groups excluding carboxylic acids is 2. The van der Waals surface area contributed by atoms with Gasteiger partial charge in [-0.1, -0.05) is 12.1 Å². The lowest BCUT2D eigenvalue weighted by Crippen LogP contribution is -2.12. The highest BCUT2D eigenvalue weighted by atomic mass is 19.4. The molecule has 0 radical (unpaired) electrons. The smallest absolute Gasteiger partial charge is 0.416 e. The van der Waals surface area contributed by atoms with Gasteiger partial charge < -0.3 is 14.8 Å². The SMILES string of the molecule is CCOC(=O)/C=C(/C)c1ccc(Oc2ccc(C(=O)Nc3ccc(C(F)(F)F)cc3)cn2)cc1. The summed E-state index contributed by atoms with van der Waals surface area (Å²) in [4.78, 5) is 28.0. The molecule has 0 aliphatic rings. The number of nitrogens with one attached hydrogen (secondary N) is 1. The predicted molar refractivity (Wildman–Crippen MR) is 120 cm³/mol. The van der Waals surface area contributed by atoms with Crippen molar-refractivity contribution in [3.63, 3.8) is 0 Å². The fraction of sp³-hybridized carbons (Fsp3) is 0.160. The van der Waals surface area contributed by atoms with Gasteiger partial charge in [-0.25, -0.2) is 9.78 Å². The Balaban J connectivity index is 1.60. The van der Waals surface area contributed by atoms with E-state index < -0.39 is 23.6 Å². The molecule has 1 heterocycles. The van der Waals surface area contributed by atoms with Crippen LogP contribution in [0.1, 0.15) is 35.3 Å². The first kappa shape index (κ1) is 24.5. The maximum absolute atomic E-state index is 12.6. The van der Waals surface area contributed by atoms with E-state index in [1.165, 1.54) is 36.5 Å². The molecule has 0 spiro atoms. The Labute approximate surface area is 194 Å². The van der Waals surface area contributed by atoms with Crippen molar-refractivity contribution >= 4 is 23.1 Å². The molecule has 1 amide bonds. The quantitative estimate of drug-likeness (QED) is 0.333. The third kappa shape index (κ3) is 6.68. The Bertz CT molecular complexity index is 1170. The number of amides is 1. The molecule has 2 aromatic carbocycles. The van der Waals surface area contributed by atoms with Crippen molar-refractivity contribution in [1.29, 1.82) is 0 Å². The number of aromatic nitrogens is 1. The number of benzene rings is 2. The van der Waals surface area contributed by atoms with E-state index in [4.69, 9.17) is 9.47 Å². The first-order chi connectivity index (χ1) is 16.2. The second-order valence-electron chi connectivity index (χ2n) is 7.12. The fourth-order valence-electron chi connectivity index (χ4n) is 2.87. The van der Waals surface area contributed by atoms with Gasteiger partial charge >= 0.3 is 12.1 Å². The molecule has 0 aliphatic heterocycles. The molecule has 1 aromatic heterocycles. The molecule has 0 saturated heterocycles. The molecule has 0 atom stereocenters. The number of anilines is 1. The molecule has 9 heteroatoms. The summed E-state index contributed by atoms with van der Waals surface area (Å²) >= 11 is 0. The van der Waals surface area contributed by atoms with Gasteiger partial charge in [0, 0.05) is 24.0 Å². The van der Waals surface area contributed by atoms with Gasteiger partial charge in [-0.05, 0) is 67.4 Å². The largest absolute Gasteiger partial charge is 0.463 e. The first-order valence-electron chi connectivity index (χ1n) is 10.2. The van der Waals surface area contributed by atoms with Crippen molar-refractivity contribution in [2.45, 2.75) is 20.0 Å². The second-order valence-corrected chi connectivity index (χ2v) is 7.12. The minimum atomic E-state index is -4.44. The molecule has 0 bridgehead atoms. The van der Waals surface area contributed by atoms with Crippen LogP contribution in [0.4, 0.5) is 18.9 Å². The molecular formula is C25H21F3N2O4. The Morgan fingerprint density at radius 3 is 2.18 bits per heavy atom. The predicted octanol–water partition coefficient (Wildman–Crippen LogP) is 6.11. The monoisotopic (exact) mass is 470 g/mol. The summed E-state index contributed by atoms with van der Waals surface area (Å²) in [6.45, 7) is 3.83. The summed E-state index contributed by atoms with van der Waals surface area (Å²) in [7, 11) is 0. The highest BCUT2D eigenvalue weighted by Gasteiger charge is 2.30. The zero-order chi connectivity index (χ0) is 24.7. The van der Waals surface area contributed by atoms with E-state index in [0.29, 0.717) is 12.4 Å².